The lowest BCUT2D eigenvalue weighted by atomic mass is 10.3. The zero-order chi connectivity index (χ0) is 12.0. The van der Waals surface area contributed by atoms with Crippen molar-refractivity contribution in [2.45, 2.75) is 0 Å². The van der Waals surface area contributed by atoms with Crippen LogP contribution in [0.2, 0.25) is 0 Å². The minimum atomic E-state index is -3.48. The zero-order valence-corrected chi connectivity index (χ0v) is 9.75. The van der Waals surface area contributed by atoms with E-state index in [0.717, 1.165) is 0 Å². The molecule has 0 aliphatic rings. The third-order valence-electron chi connectivity index (χ3n) is 1.57. The molecule has 0 saturated heterocycles. The Bertz CT molecular complexity index is 478. The second-order valence-corrected chi connectivity index (χ2v) is 5.10. The lowest BCUT2D eigenvalue weighted by Gasteiger charge is -2.06. The number of halogens is 1. The molecule has 0 heterocycles. The molecule has 1 aromatic rings. The third kappa shape index (κ3) is 3.96. The summed E-state index contributed by atoms with van der Waals surface area (Å²) >= 11 is 5.23. The van der Waals surface area contributed by atoms with E-state index in [0.29, 0.717) is 11.4 Å². The number of nitrogens with zero attached hydrogens (tertiary/aromatic N) is 1. The van der Waals surface area contributed by atoms with Gasteiger partial charge in [0.15, 0.2) is 6.61 Å². The first-order chi connectivity index (χ1) is 7.57. The van der Waals surface area contributed by atoms with Crippen LogP contribution in [0.25, 0.3) is 0 Å². The maximum absolute atomic E-state index is 11.1. The molecule has 0 amide bonds. The van der Waals surface area contributed by atoms with Crippen molar-refractivity contribution in [3.63, 3.8) is 0 Å². The quantitative estimate of drug-likeness (QED) is 0.814. The fraction of sp³-hybridized carbons (Fsp3) is 0.222. The van der Waals surface area contributed by atoms with Gasteiger partial charge >= 0.3 is 0 Å². The van der Waals surface area contributed by atoms with Gasteiger partial charge in [0.25, 0.3) is 0 Å². The van der Waals surface area contributed by atoms with Crippen LogP contribution in [0.3, 0.4) is 0 Å². The fourth-order valence-electron chi connectivity index (χ4n) is 0.942. The van der Waals surface area contributed by atoms with Crippen molar-refractivity contribution < 1.29 is 13.2 Å². The summed E-state index contributed by atoms with van der Waals surface area (Å²) < 4.78 is 29.5. The van der Waals surface area contributed by atoms with Crippen LogP contribution in [0.1, 0.15) is 0 Å². The first kappa shape index (κ1) is 12.6. The minimum absolute atomic E-state index is 0.0489. The number of sulfonamides is 1. The van der Waals surface area contributed by atoms with Crippen LogP contribution in [-0.2, 0) is 10.0 Å². The Labute approximate surface area is 98.6 Å². The van der Waals surface area contributed by atoms with Gasteiger partial charge in [0, 0.05) is 5.69 Å². The summed E-state index contributed by atoms with van der Waals surface area (Å²) in [6.45, 7) is -0.0489. The fourth-order valence-corrected chi connectivity index (χ4v) is 1.66. The SMILES string of the molecule is N#CCOc1ccc(NS(=O)(=O)CCl)cc1. The van der Waals surface area contributed by atoms with Crippen LogP contribution < -0.4 is 9.46 Å². The summed E-state index contributed by atoms with van der Waals surface area (Å²) in [6.07, 6.45) is 0. The predicted molar refractivity (Wildman–Crippen MR) is 60.8 cm³/mol. The Kier molecular flexibility index (Phi) is 4.40. The molecule has 0 aromatic heterocycles. The molecule has 0 unspecified atom stereocenters. The van der Waals surface area contributed by atoms with E-state index in [9.17, 15) is 8.42 Å². The number of hydrogen-bond acceptors (Lipinski definition) is 4. The molecule has 1 rings (SSSR count). The number of ether oxygens (including phenoxy) is 1. The number of nitriles is 1. The first-order valence-corrected chi connectivity index (χ1v) is 6.42. The summed E-state index contributed by atoms with van der Waals surface area (Å²) in [5.41, 5.74) is 0.393. The number of alkyl halides is 1. The van der Waals surface area contributed by atoms with Gasteiger partial charge in [0.05, 0.1) is 0 Å². The molecular weight excluding hydrogens is 252 g/mol. The van der Waals surface area contributed by atoms with Crippen LogP contribution in [0.5, 0.6) is 5.75 Å². The van der Waals surface area contributed by atoms with Gasteiger partial charge in [-0.05, 0) is 24.3 Å². The number of rotatable bonds is 5. The molecule has 0 bridgehead atoms. The maximum atomic E-state index is 11.1. The highest BCUT2D eigenvalue weighted by Gasteiger charge is 2.07. The summed E-state index contributed by atoms with van der Waals surface area (Å²) in [4.78, 5) is 0. The van der Waals surface area contributed by atoms with Gasteiger partial charge < -0.3 is 4.74 Å². The van der Waals surface area contributed by atoms with Gasteiger partial charge in [-0.1, -0.05) is 0 Å². The Morgan fingerprint density at radius 3 is 2.50 bits per heavy atom. The first-order valence-electron chi connectivity index (χ1n) is 4.23. The predicted octanol–water partition coefficient (Wildman–Crippen LogP) is 1.53. The van der Waals surface area contributed by atoms with E-state index >= 15 is 0 Å². The van der Waals surface area contributed by atoms with Crippen LogP contribution in [0.4, 0.5) is 5.69 Å². The van der Waals surface area contributed by atoms with Crippen molar-refractivity contribution in [3.8, 4) is 11.8 Å². The van der Waals surface area contributed by atoms with E-state index in [1.165, 1.54) is 12.1 Å². The normalized spacial score (nSPS) is 10.5. The molecule has 7 heteroatoms. The van der Waals surface area contributed by atoms with Gasteiger partial charge in [-0.15, -0.1) is 11.6 Å². The number of nitrogens with one attached hydrogen (secondary N) is 1. The van der Waals surface area contributed by atoms with E-state index in [4.69, 9.17) is 21.6 Å². The lowest BCUT2D eigenvalue weighted by Crippen LogP contribution is -2.13. The van der Waals surface area contributed by atoms with Gasteiger partial charge in [-0.25, -0.2) is 8.42 Å². The lowest BCUT2D eigenvalue weighted by molar-refractivity contribution is 0.368. The van der Waals surface area contributed by atoms with Gasteiger partial charge in [0.1, 0.15) is 17.0 Å². The monoisotopic (exact) mass is 260 g/mol. The number of hydrogen-bond donors (Lipinski definition) is 1. The van der Waals surface area contributed by atoms with Gasteiger partial charge in [-0.2, -0.15) is 5.26 Å². The molecular formula is C9H9ClN2O3S. The van der Waals surface area contributed by atoms with Crippen molar-refractivity contribution in [1.82, 2.24) is 0 Å². The maximum Gasteiger partial charge on any atom is 0.246 e. The average Bonchev–Trinajstić information content (AvgIpc) is 2.28. The standard InChI is InChI=1S/C9H9ClN2O3S/c10-7-16(13,14)12-8-1-3-9(4-2-8)15-6-5-11/h1-4,12H,6-7H2. The molecule has 0 aliphatic heterocycles. The zero-order valence-electron chi connectivity index (χ0n) is 8.18. The molecule has 0 atom stereocenters. The Hall–Kier alpha value is -1.45. The highest BCUT2D eigenvalue weighted by atomic mass is 35.5. The highest BCUT2D eigenvalue weighted by Crippen LogP contribution is 2.16. The molecule has 1 N–H and O–H groups in total. The van der Waals surface area contributed by atoms with E-state index in [2.05, 4.69) is 4.72 Å². The van der Waals surface area contributed by atoms with Crippen molar-refractivity contribution in [2.75, 3.05) is 16.5 Å². The molecule has 0 fully saturated rings. The van der Waals surface area contributed by atoms with Crippen LogP contribution in [0.15, 0.2) is 24.3 Å². The molecule has 0 spiro atoms. The molecule has 5 nitrogen and oxygen atoms in total. The smallest absolute Gasteiger partial charge is 0.246 e. The summed E-state index contributed by atoms with van der Waals surface area (Å²) in [7, 11) is -3.48. The van der Waals surface area contributed by atoms with Crippen LogP contribution in [-0.4, -0.2) is 20.2 Å². The summed E-state index contributed by atoms with van der Waals surface area (Å²) in [6, 6.07) is 7.99. The summed E-state index contributed by atoms with van der Waals surface area (Å²) in [5, 5.41) is 7.79. The van der Waals surface area contributed by atoms with Gasteiger partial charge in [-0.3, -0.25) is 4.72 Å². The molecule has 1 aromatic carbocycles. The van der Waals surface area contributed by atoms with E-state index in [1.54, 1.807) is 12.1 Å². The van der Waals surface area contributed by atoms with Gasteiger partial charge in [0.2, 0.25) is 10.0 Å². The van der Waals surface area contributed by atoms with E-state index in [1.807, 2.05) is 6.07 Å². The molecule has 0 aliphatic carbocycles. The number of benzene rings is 1. The molecule has 0 radical (unpaired) electrons. The second-order valence-electron chi connectivity index (χ2n) is 2.80. The Morgan fingerprint density at radius 1 is 1.38 bits per heavy atom. The average molecular weight is 261 g/mol. The molecule has 86 valence electrons. The van der Waals surface area contributed by atoms with Crippen molar-refractivity contribution in [1.29, 1.82) is 5.26 Å². The molecule has 16 heavy (non-hydrogen) atoms. The third-order valence-corrected chi connectivity index (χ3v) is 3.27. The van der Waals surface area contributed by atoms with E-state index < -0.39 is 15.2 Å². The summed E-state index contributed by atoms with van der Waals surface area (Å²) in [5.74, 6) is 0.496. The minimum Gasteiger partial charge on any atom is -0.479 e. The van der Waals surface area contributed by atoms with Crippen LogP contribution >= 0.6 is 11.6 Å². The largest absolute Gasteiger partial charge is 0.479 e. The van der Waals surface area contributed by atoms with Crippen molar-refractivity contribution in [3.05, 3.63) is 24.3 Å². The van der Waals surface area contributed by atoms with E-state index in [-0.39, 0.29) is 6.61 Å². The Balaban J connectivity index is 2.69. The van der Waals surface area contributed by atoms with Crippen molar-refractivity contribution >= 4 is 27.3 Å². The Morgan fingerprint density at radius 2 is 2.00 bits per heavy atom. The highest BCUT2D eigenvalue weighted by molar-refractivity contribution is 7.93. The topological polar surface area (TPSA) is 79.2 Å². The second kappa shape index (κ2) is 5.58. The van der Waals surface area contributed by atoms with Crippen molar-refractivity contribution in [2.24, 2.45) is 0 Å². The van der Waals surface area contributed by atoms with Crippen LogP contribution in [0, 0.1) is 11.3 Å². The number of anilines is 1. The molecule has 0 saturated carbocycles.